The number of carbonyl (C=O) groups excluding carboxylic acids is 1. The van der Waals surface area contributed by atoms with Crippen LogP contribution in [0.2, 0.25) is 0 Å². The zero-order valence-electron chi connectivity index (χ0n) is 15.1. The van der Waals surface area contributed by atoms with Crippen LogP contribution in [0.1, 0.15) is 39.2 Å². The zero-order valence-corrected chi connectivity index (χ0v) is 15.1. The Bertz CT molecular complexity index is 1170. The van der Waals surface area contributed by atoms with Gasteiger partial charge in [0.2, 0.25) is 5.82 Å². The molecule has 9 heteroatoms. The van der Waals surface area contributed by atoms with Crippen LogP contribution >= 0.6 is 0 Å². The molecule has 0 aliphatic heterocycles. The lowest BCUT2D eigenvalue weighted by atomic mass is 9.98. The van der Waals surface area contributed by atoms with Crippen LogP contribution < -0.4 is 5.32 Å². The van der Waals surface area contributed by atoms with Crippen LogP contribution in [0, 0.1) is 6.92 Å². The van der Waals surface area contributed by atoms with Gasteiger partial charge in [-0.25, -0.2) is 4.98 Å². The number of rotatable bonds is 4. The van der Waals surface area contributed by atoms with Gasteiger partial charge in [0.1, 0.15) is 5.76 Å². The Kier molecular flexibility index (Phi) is 4.57. The number of fused-ring (bicyclic) bond motifs is 1. The Morgan fingerprint density at radius 3 is 2.52 bits per heavy atom. The third kappa shape index (κ3) is 3.84. The summed E-state index contributed by atoms with van der Waals surface area (Å²) >= 11 is 0. The van der Waals surface area contributed by atoms with Crippen molar-refractivity contribution in [2.24, 2.45) is 0 Å². The Balaban J connectivity index is 1.73. The zero-order chi connectivity index (χ0) is 20.6. The summed E-state index contributed by atoms with van der Waals surface area (Å²) in [6.45, 7) is 1.67. The van der Waals surface area contributed by atoms with E-state index in [2.05, 4.69) is 20.4 Å². The maximum absolute atomic E-state index is 12.9. The van der Waals surface area contributed by atoms with Crippen LogP contribution in [0.25, 0.3) is 11.0 Å². The number of nitrogens with one attached hydrogen (secondary N) is 2. The molecule has 1 atom stereocenters. The summed E-state index contributed by atoms with van der Waals surface area (Å²) in [7, 11) is 0. The molecule has 0 aliphatic carbocycles. The Hall–Kier alpha value is -3.62. The van der Waals surface area contributed by atoms with Crippen LogP contribution in [0.3, 0.4) is 0 Å². The van der Waals surface area contributed by atoms with E-state index in [4.69, 9.17) is 4.52 Å². The highest BCUT2D eigenvalue weighted by Crippen LogP contribution is 2.30. The number of aromatic nitrogens is 3. The van der Waals surface area contributed by atoms with Gasteiger partial charge in [0, 0.05) is 6.07 Å². The molecule has 0 spiro atoms. The van der Waals surface area contributed by atoms with E-state index in [0.717, 1.165) is 5.56 Å². The molecule has 2 heterocycles. The summed E-state index contributed by atoms with van der Waals surface area (Å²) in [6, 6.07) is 14.6. The van der Waals surface area contributed by atoms with Gasteiger partial charge in [0.15, 0.2) is 5.69 Å². The lowest BCUT2D eigenvalue weighted by Gasteiger charge is -2.19. The van der Waals surface area contributed by atoms with E-state index in [1.807, 2.05) is 30.3 Å². The molecule has 4 aromatic rings. The summed E-state index contributed by atoms with van der Waals surface area (Å²) in [6.07, 6.45) is -4.57. The second kappa shape index (κ2) is 7.08. The van der Waals surface area contributed by atoms with E-state index in [-0.39, 0.29) is 16.7 Å². The van der Waals surface area contributed by atoms with Crippen molar-refractivity contribution < 1.29 is 22.5 Å². The second-order valence-electron chi connectivity index (χ2n) is 6.50. The van der Waals surface area contributed by atoms with E-state index in [1.54, 1.807) is 19.1 Å². The monoisotopic (exact) mass is 400 g/mol. The van der Waals surface area contributed by atoms with Crippen LogP contribution in [0.5, 0.6) is 0 Å². The number of hydrogen-bond acceptors (Lipinski definition) is 4. The van der Waals surface area contributed by atoms with Gasteiger partial charge in [-0.15, -0.1) is 0 Å². The van der Waals surface area contributed by atoms with Gasteiger partial charge in [-0.1, -0.05) is 41.6 Å². The first kappa shape index (κ1) is 18.7. The predicted molar refractivity (Wildman–Crippen MR) is 98.1 cm³/mol. The average Bonchev–Trinajstić information content (AvgIpc) is 3.32. The standard InChI is InChI=1S/C20H15F3N4O2/c1-11-9-16(27-29-11)18(28)26-17(12-5-3-2-4-6-12)13-7-8-14-15(10-13)25-19(24-14)20(21,22)23/h2-10,17H,1H3,(H,24,25)(H,26,28)/t17-/m0/s1. The number of halogens is 3. The van der Waals surface area contributed by atoms with Gasteiger partial charge in [0.25, 0.3) is 5.91 Å². The first-order chi connectivity index (χ1) is 13.8. The summed E-state index contributed by atoms with van der Waals surface area (Å²) in [4.78, 5) is 18.5. The summed E-state index contributed by atoms with van der Waals surface area (Å²) in [5.41, 5.74) is 1.88. The number of hydrogen-bond donors (Lipinski definition) is 2. The molecule has 29 heavy (non-hydrogen) atoms. The Morgan fingerprint density at radius 1 is 1.10 bits per heavy atom. The van der Waals surface area contributed by atoms with Crippen LogP contribution in [0.4, 0.5) is 13.2 Å². The molecule has 0 saturated heterocycles. The molecule has 2 N–H and O–H groups in total. The van der Waals surface area contributed by atoms with E-state index < -0.39 is 23.9 Å². The second-order valence-corrected chi connectivity index (χ2v) is 6.50. The minimum atomic E-state index is -4.57. The fourth-order valence-electron chi connectivity index (χ4n) is 3.02. The van der Waals surface area contributed by atoms with Crippen molar-refractivity contribution in [1.82, 2.24) is 20.4 Å². The highest BCUT2D eigenvalue weighted by Gasteiger charge is 2.34. The Labute approximate surface area is 162 Å². The third-order valence-corrected chi connectivity index (χ3v) is 4.38. The molecule has 0 radical (unpaired) electrons. The lowest BCUT2D eigenvalue weighted by molar-refractivity contribution is -0.144. The van der Waals surface area contributed by atoms with Crippen LogP contribution in [0.15, 0.2) is 59.1 Å². The first-order valence-electron chi connectivity index (χ1n) is 8.67. The SMILES string of the molecule is Cc1cc(C(=O)N[C@@H](c2ccccc2)c2ccc3nc(C(F)(F)F)[nH]c3c2)no1. The van der Waals surface area contributed by atoms with E-state index >= 15 is 0 Å². The quantitative estimate of drug-likeness (QED) is 0.532. The predicted octanol–water partition coefficient (Wildman–Crippen LogP) is 4.40. The average molecular weight is 400 g/mol. The van der Waals surface area contributed by atoms with Crippen molar-refractivity contribution in [2.75, 3.05) is 0 Å². The molecule has 4 rings (SSSR count). The van der Waals surface area contributed by atoms with Crippen molar-refractivity contribution in [3.63, 3.8) is 0 Å². The molecule has 2 aromatic carbocycles. The van der Waals surface area contributed by atoms with Crippen LogP contribution in [-0.4, -0.2) is 21.0 Å². The number of H-pyrrole nitrogens is 1. The third-order valence-electron chi connectivity index (χ3n) is 4.38. The molecule has 0 aliphatic rings. The lowest BCUT2D eigenvalue weighted by Crippen LogP contribution is -2.29. The number of amides is 1. The number of carbonyl (C=O) groups is 1. The van der Waals surface area contributed by atoms with Crippen molar-refractivity contribution in [3.05, 3.63) is 83.0 Å². The fraction of sp³-hybridized carbons (Fsp3) is 0.150. The summed E-state index contributed by atoms with van der Waals surface area (Å²) in [5, 5.41) is 6.57. The number of nitrogens with zero attached hydrogens (tertiary/aromatic N) is 2. The summed E-state index contributed by atoms with van der Waals surface area (Å²) < 4.78 is 43.8. The topological polar surface area (TPSA) is 83.8 Å². The van der Waals surface area contributed by atoms with E-state index in [1.165, 1.54) is 12.1 Å². The smallest absolute Gasteiger partial charge is 0.361 e. The van der Waals surface area contributed by atoms with Gasteiger partial charge in [-0.3, -0.25) is 4.79 Å². The number of aromatic amines is 1. The maximum Gasteiger partial charge on any atom is 0.449 e. The number of aryl methyl sites for hydroxylation is 1. The Morgan fingerprint density at radius 2 is 1.86 bits per heavy atom. The molecule has 6 nitrogen and oxygen atoms in total. The molecule has 2 aromatic heterocycles. The van der Waals surface area contributed by atoms with Crippen molar-refractivity contribution >= 4 is 16.9 Å². The highest BCUT2D eigenvalue weighted by atomic mass is 19.4. The van der Waals surface area contributed by atoms with Crippen LogP contribution in [-0.2, 0) is 6.18 Å². The van der Waals surface area contributed by atoms with Gasteiger partial charge >= 0.3 is 6.18 Å². The van der Waals surface area contributed by atoms with Gasteiger partial charge in [-0.05, 0) is 30.2 Å². The first-order valence-corrected chi connectivity index (χ1v) is 8.67. The summed E-state index contributed by atoms with van der Waals surface area (Å²) in [5.74, 6) is -1.04. The van der Waals surface area contributed by atoms with Crippen molar-refractivity contribution in [1.29, 1.82) is 0 Å². The highest BCUT2D eigenvalue weighted by molar-refractivity contribution is 5.92. The molecule has 0 unspecified atom stereocenters. The number of imidazole rings is 1. The fourth-order valence-corrected chi connectivity index (χ4v) is 3.02. The maximum atomic E-state index is 12.9. The minimum Gasteiger partial charge on any atom is -0.361 e. The molecule has 0 saturated carbocycles. The van der Waals surface area contributed by atoms with Gasteiger partial charge in [0.05, 0.1) is 17.1 Å². The minimum absolute atomic E-state index is 0.116. The van der Waals surface area contributed by atoms with E-state index in [9.17, 15) is 18.0 Å². The van der Waals surface area contributed by atoms with E-state index in [0.29, 0.717) is 11.3 Å². The number of benzene rings is 2. The molecular formula is C20H15F3N4O2. The largest absolute Gasteiger partial charge is 0.449 e. The molecular weight excluding hydrogens is 385 g/mol. The van der Waals surface area contributed by atoms with Gasteiger partial charge in [-0.2, -0.15) is 13.2 Å². The normalized spacial score (nSPS) is 12.8. The van der Waals surface area contributed by atoms with Crippen molar-refractivity contribution in [2.45, 2.75) is 19.1 Å². The number of alkyl halides is 3. The molecule has 148 valence electrons. The molecule has 1 amide bonds. The molecule has 0 fully saturated rings. The van der Waals surface area contributed by atoms with Gasteiger partial charge < -0.3 is 14.8 Å². The molecule has 0 bridgehead atoms. The van der Waals surface area contributed by atoms with Crippen molar-refractivity contribution in [3.8, 4) is 0 Å².